The van der Waals surface area contributed by atoms with Crippen molar-refractivity contribution in [3.05, 3.63) is 24.9 Å². The van der Waals surface area contributed by atoms with Crippen LogP contribution in [0.1, 0.15) is 0 Å². The molecule has 11 heavy (non-hydrogen) atoms. The maximum absolute atomic E-state index is 10.6. The second-order valence-corrected chi connectivity index (χ2v) is 2.00. The zero-order valence-electron chi connectivity index (χ0n) is 6.04. The lowest BCUT2D eigenvalue weighted by Gasteiger charge is -2.20. The SMILES string of the molecule is C=CC(=O)OC1NC=CCN1. The Kier molecular flexibility index (Phi) is 2.68. The molecule has 1 rings (SSSR count). The minimum Gasteiger partial charge on any atom is -0.425 e. The van der Waals surface area contributed by atoms with Crippen molar-refractivity contribution in [1.82, 2.24) is 10.6 Å². The third kappa shape index (κ3) is 2.43. The van der Waals surface area contributed by atoms with Gasteiger partial charge in [0.25, 0.3) is 0 Å². The molecule has 0 aromatic heterocycles. The second kappa shape index (κ2) is 3.78. The van der Waals surface area contributed by atoms with Crippen molar-refractivity contribution in [2.75, 3.05) is 6.54 Å². The summed E-state index contributed by atoms with van der Waals surface area (Å²) in [6, 6.07) is 0. The number of rotatable bonds is 2. The lowest BCUT2D eigenvalue weighted by Crippen LogP contribution is -2.45. The summed E-state index contributed by atoms with van der Waals surface area (Å²) < 4.78 is 4.81. The van der Waals surface area contributed by atoms with Crippen LogP contribution in [0.2, 0.25) is 0 Å². The number of hydrogen-bond acceptors (Lipinski definition) is 4. The van der Waals surface area contributed by atoms with E-state index in [1.807, 2.05) is 6.08 Å². The van der Waals surface area contributed by atoms with Gasteiger partial charge in [-0.2, -0.15) is 0 Å². The predicted octanol–water partition coefficient (Wildman–Crippen LogP) is -0.294. The maximum atomic E-state index is 10.6. The third-order valence-corrected chi connectivity index (χ3v) is 1.19. The zero-order valence-corrected chi connectivity index (χ0v) is 6.04. The van der Waals surface area contributed by atoms with E-state index in [4.69, 9.17) is 4.74 Å². The van der Waals surface area contributed by atoms with Crippen molar-refractivity contribution < 1.29 is 9.53 Å². The molecule has 60 valence electrons. The highest BCUT2D eigenvalue weighted by atomic mass is 16.6. The van der Waals surface area contributed by atoms with Gasteiger partial charge in [-0.1, -0.05) is 12.7 Å². The van der Waals surface area contributed by atoms with Crippen LogP contribution in [-0.4, -0.2) is 18.9 Å². The molecule has 1 atom stereocenters. The highest BCUT2D eigenvalue weighted by Gasteiger charge is 2.09. The van der Waals surface area contributed by atoms with Crippen LogP contribution in [0.4, 0.5) is 0 Å². The molecule has 2 N–H and O–H groups in total. The second-order valence-electron chi connectivity index (χ2n) is 2.00. The summed E-state index contributed by atoms with van der Waals surface area (Å²) in [5.74, 6) is -0.440. The molecule has 4 heteroatoms. The van der Waals surface area contributed by atoms with Crippen LogP contribution in [0.25, 0.3) is 0 Å². The first-order valence-corrected chi connectivity index (χ1v) is 3.30. The quantitative estimate of drug-likeness (QED) is 0.423. The number of esters is 1. The van der Waals surface area contributed by atoms with Crippen molar-refractivity contribution in [3.8, 4) is 0 Å². The fourth-order valence-corrected chi connectivity index (χ4v) is 0.688. The van der Waals surface area contributed by atoms with Crippen LogP contribution in [-0.2, 0) is 9.53 Å². The van der Waals surface area contributed by atoms with Gasteiger partial charge in [0.15, 0.2) is 0 Å². The first-order valence-electron chi connectivity index (χ1n) is 3.30. The van der Waals surface area contributed by atoms with E-state index in [9.17, 15) is 4.79 Å². The van der Waals surface area contributed by atoms with E-state index in [0.717, 1.165) is 6.08 Å². The summed E-state index contributed by atoms with van der Waals surface area (Å²) >= 11 is 0. The molecule has 1 aliphatic rings. The van der Waals surface area contributed by atoms with Gasteiger partial charge in [0.2, 0.25) is 6.35 Å². The van der Waals surface area contributed by atoms with Gasteiger partial charge < -0.3 is 10.1 Å². The molecular weight excluding hydrogens is 144 g/mol. The molecule has 0 saturated heterocycles. The Morgan fingerprint density at radius 3 is 3.18 bits per heavy atom. The normalized spacial score (nSPS) is 22.0. The highest BCUT2D eigenvalue weighted by molar-refractivity contribution is 5.81. The number of carbonyl (C=O) groups is 1. The zero-order chi connectivity index (χ0) is 8.10. The van der Waals surface area contributed by atoms with Gasteiger partial charge in [0.05, 0.1) is 0 Å². The Hall–Kier alpha value is -1.29. The van der Waals surface area contributed by atoms with Gasteiger partial charge in [0.1, 0.15) is 0 Å². The first-order chi connectivity index (χ1) is 5.33. The van der Waals surface area contributed by atoms with Gasteiger partial charge >= 0.3 is 5.97 Å². The average Bonchev–Trinajstić information content (AvgIpc) is 2.06. The molecule has 0 saturated carbocycles. The van der Waals surface area contributed by atoms with Crippen LogP contribution in [0.5, 0.6) is 0 Å². The lowest BCUT2D eigenvalue weighted by molar-refractivity contribution is -0.145. The van der Waals surface area contributed by atoms with Gasteiger partial charge in [-0.05, 0) is 6.20 Å². The molecule has 0 aromatic rings. The topological polar surface area (TPSA) is 50.4 Å². The van der Waals surface area contributed by atoms with Crippen molar-refractivity contribution in [2.45, 2.75) is 6.35 Å². The monoisotopic (exact) mass is 154 g/mol. The van der Waals surface area contributed by atoms with E-state index in [1.54, 1.807) is 6.20 Å². The highest BCUT2D eigenvalue weighted by Crippen LogP contribution is 1.89. The molecule has 0 radical (unpaired) electrons. The fraction of sp³-hybridized carbons (Fsp3) is 0.286. The van der Waals surface area contributed by atoms with E-state index in [2.05, 4.69) is 17.2 Å². The molecule has 0 fully saturated rings. The molecule has 1 unspecified atom stereocenters. The van der Waals surface area contributed by atoms with Crippen molar-refractivity contribution in [2.24, 2.45) is 0 Å². The Balaban J connectivity index is 2.31. The van der Waals surface area contributed by atoms with Crippen LogP contribution < -0.4 is 10.6 Å². The lowest BCUT2D eigenvalue weighted by atomic mass is 10.5. The molecule has 0 aliphatic carbocycles. The van der Waals surface area contributed by atoms with Crippen molar-refractivity contribution in [3.63, 3.8) is 0 Å². The number of hydrogen-bond donors (Lipinski definition) is 2. The van der Waals surface area contributed by atoms with Gasteiger partial charge in [-0.25, -0.2) is 4.79 Å². The fourth-order valence-electron chi connectivity index (χ4n) is 0.688. The van der Waals surface area contributed by atoms with Crippen LogP contribution in [0.3, 0.4) is 0 Å². The Labute approximate surface area is 64.9 Å². The van der Waals surface area contributed by atoms with E-state index < -0.39 is 12.3 Å². The molecule has 0 aromatic carbocycles. The predicted molar refractivity (Wildman–Crippen MR) is 40.4 cm³/mol. The Morgan fingerprint density at radius 1 is 1.82 bits per heavy atom. The molecule has 1 heterocycles. The van der Waals surface area contributed by atoms with Crippen LogP contribution in [0.15, 0.2) is 24.9 Å². The number of carbonyl (C=O) groups excluding carboxylic acids is 1. The summed E-state index contributed by atoms with van der Waals surface area (Å²) in [7, 11) is 0. The summed E-state index contributed by atoms with van der Waals surface area (Å²) in [5.41, 5.74) is 0. The van der Waals surface area contributed by atoms with Crippen LogP contribution in [0, 0.1) is 0 Å². The van der Waals surface area contributed by atoms with E-state index in [-0.39, 0.29) is 0 Å². The average molecular weight is 154 g/mol. The summed E-state index contributed by atoms with van der Waals surface area (Å²) in [6.07, 6.45) is 4.32. The summed E-state index contributed by atoms with van der Waals surface area (Å²) in [4.78, 5) is 10.6. The van der Waals surface area contributed by atoms with E-state index >= 15 is 0 Å². The summed E-state index contributed by atoms with van der Waals surface area (Å²) in [6.45, 7) is 3.97. The van der Waals surface area contributed by atoms with Gasteiger partial charge in [-0.15, -0.1) is 0 Å². The smallest absolute Gasteiger partial charge is 0.333 e. The number of ether oxygens (including phenoxy) is 1. The van der Waals surface area contributed by atoms with E-state index in [1.165, 1.54) is 0 Å². The molecule has 4 nitrogen and oxygen atoms in total. The standard InChI is InChI=1S/C7H10N2O2/c1-2-6(10)11-7-8-4-3-5-9-7/h2-4,7-9H,1,5H2. The van der Waals surface area contributed by atoms with Gasteiger partial charge in [-0.3, -0.25) is 5.32 Å². The largest absolute Gasteiger partial charge is 0.425 e. The molecular formula is C7H10N2O2. The Morgan fingerprint density at radius 2 is 2.64 bits per heavy atom. The van der Waals surface area contributed by atoms with Crippen molar-refractivity contribution in [1.29, 1.82) is 0 Å². The molecule has 0 spiro atoms. The third-order valence-electron chi connectivity index (χ3n) is 1.19. The molecule has 0 bridgehead atoms. The molecule has 0 amide bonds. The number of nitrogens with one attached hydrogen (secondary N) is 2. The maximum Gasteiger partial charge on any atom is 0.333 e. The van der Waals surface area contributed by atoms with Gasteiger partial charge in [0, 0.05) is 12.6 Å². The summed E-state index contributed by atoms with van der Waals surface area (Å²) in [5, 5.41) is 5.70. The van der Waals surface area contributed by atoms with Crippen LogP contribution >= 0.6 is 0 Å². The Bertz CT molecular complexity index is 189. The first kappa shape index (κ1) is 7.81. The minimum atomic E-state index is -0.440. The minimum absolute atomic E-state index is 0.425. The molecule has 1 aliphatic heterocycles. The van der Waals surface area contributed by atoms with E-state index in [0.29, 0.717) is 6.54 Å². The van der Waals surface area contributed by atoms with Crippen molar-refractivity contribution >= 4 is 5.97 Å².